The predicted octanol–water partition coefficient (Wildman–Crippen LogP) is 2.96. The zero-order chi connectivity index (χ0) is 18.4. The molecule has 0 bridgehead atoms. The Morgan fingerprint density at radius 1 is 1.31 bits per heavy atom. The summed E-state index contributed by atoms with van der Waals surface area (Å²) in [5.41, 5.74) is 1.14. The highest BCUT2D eigenvalue weighted by atomic mass is 16.7. The predicted molar refractivity (Wildman–Crippen MR) is 99.3 cm³/mol. The van der Waals surface area contributed by atoms with Crippen LogP contribution in [-0.4, -0.2) is 37.1 Å². The van der Waals surface area contributed by atoms with E-state index in [0.717, 1.165) is 12.0 Å². The molecule has 5 heteroatoms. The van der Waals surface area contributed by atoms with E-state index < -0.39 is 6.29 Å². The van der Waals surface area contributed by atoms with Crippen LogP contribution in [0, 0.1) is 11.8 Å². The van der Waals surface area contributed by atoms with E-state index in [1.165, 1.54) is 12.8 Å². The molecule has 0 unspecified atom stereocenters. The Balaban J connectivity index is 1.83. The number of benzene rings is 1. The summed E-state index contributed by atoms with van der Waals surface area (Å²) in [5, 5.41) is 12.3. The van der Waals surface area contributed by atoms with E-state index in [9.17, 15) is 9.90 Å². The van der Waals surface area contributed by atoms with Crippen molar-refractivity contribution in [3.05, 3.63) is 47.7 Å². The van der Waals surface area contributed by atoms with Crippen LogP contribution < -0.4 is 5.32 Å². The zero-order valence-electron chi connectivity index (χ0n) is 15.4. The maximum atomic E-state index is 12.6. The standard InChI is InChI=1S/C21H29NO4/c1-2-25-21-17(9-6-12-23)18(16-7-4-3-5-8-16)13-19(26-21)20(24)22-14-15-10-11-15/h3-5,7-8,13,15,17-18,21,23H,2,6,9-12,14H2,1H3,(H,22,24)/t17-,18-,21-/m1/s1. The maximum absolute atomic E-state index is 12.6. The number of nitrogens with one attached hydrogen (secondary N) is 1. The van der Waals surface area contributed by atoms with E-state index in [2.05, 4.69) is 17.4 Å². The smallest absolute Gasteiger partial charge is 0.286 e. The fraction of sp³-hybridized carbons (Fsp3) is 0.571. The van der Waals surface area contributed by atoms with Gasteiger partial charge in [0.15, 0.2) is 5.76 Å². The van der Waals surface area contributed by atoms with Crippen molar-refractivity contribution in [2.75, 3.05) is 19.8 Å². The van der Waals surface area contributed by atoms with E-state index in [-0.39, 0.29) is 24.3 Å². The van der Waals surface area contributed by atoms with Crippen molar-refractivity contribution >= 4 is 5.91 Å². The van der Waals surface area contributed by atoms with Gasteiger partial charge in [0.25, 0.3) is 5.91 Å². The van der Waals surface area contributed by atoms with Gasteiger partial charge in [-0.1, -0.05) is 30.3 Å². The second-order valence-corrected chi connectivity index (χ2v) is 7.09. The summed E-state index contributed by atoms with van der Waals surface area (Å²) < 4.78 is 11.8. The zero-order valence-corrected chi connectivity index (χ0v) is 15.4. The quantitative estimate of drug-likeness (QED) is 0.711. The Morgan fingerprint density at radius 3 is 2.73 bits per heavy atom. The Hall–Kier alpha value is -1.85. The number of aliphatic hydroxyl groups excluding tert-OH is 1. The van der Waals surface area contributed by atoms with Crippen molar-refractivity contribution in [3.63, 3.8) is 0 Å². The van der Waals surface area contributed by atoms with Gasteiger partial charge in [-0.15, -0.1) is 0 Å². The van der Waals surface area contributed by atoms with Crippen LogP contribution in [0.5, 0.6) is 0 Å². The largest absolute Gasteiger partial charge is 0.459 e. The van der Waals surface area contributed by atoms with Crippen LogP contribution in [0.3, 0.4) is 0 Å². The van der Waals surface area contributed by atoms with Crippen molar-refractivity contribution in [2.45, 2.75) is 44.8 Å². The molecule has 0 aromatic heterocycles. The summed E-state index contributed by atoms with van der Waals surface area (Å²) in [4.78, 5) is 12.6. The second kappa shape index (κ2) is 9.19. The minimum Gasteiger partial charge on any atom is -0.459 e. The summed E-state index contributed by atoms with van der Waals surface area (Å²) in [6.45, 7) is 3.28. The molecule has 5 nitrogen and oxygen atoms in total. The molecule has 1 heterocycles. The average molecular weight is 359 g/mol. The minimum absolute atomic E-state index is 0.0229. The highest BCUT2D eigenvalue weighted by Crippen LogP contribution is 2.39. The van der Waals surface area contributed by atoms with Gasteiger partial charge < -0.3 is 19.9 Å². The van der Waals surface area contributed by atoms with Crippen LogP contribution in [0.25, 0.3) is 0 Å². The molecule has 2 aliphatic rings. The van der Waals surface area contributed by atoms with Crippen LogP contribution in [0.15, 0.2) is 42.2 Å². The number of carbonyl (C=O) groups excluding carboxylic acids is 1. The van der Waals surface area contributed by atoms with Gasteiger partial charge in [-0.3, -0.25) is 4.79 Å². The second-order valence-electron chi connectivity index (χ2n) is 7.09. The van der Waals surface area contributed by atoms with Crippen LogP contribution in [0.1, 0.15) is 44.1 Å². The normalized spacial score (nSPS) is 25.3. The molecule has 1 aliphatic carbocycles. The summed E-state index contributed by atoms with van der Waals surface area (Å²) >= 11 is 0. The minimum atomic E-state index is -0.483. The van der Waals surface area contributed by atoms with E-state index in [1.54, 1.807) is 0 Å². The van der Waals surface area contributed by atoms with Crippen molar-refractivity contribution < 1.29 is 19.4 Å². The third kappa shape index (κ3) is 4.86. The van der Waals surface area contributed by atoms with Gasteiger partial charge in [0.2, 0.25) is 6.29 Å². The molecule has 1 amide bonds. The molecule has 0 spiro atoms. The van der Waals surface area contributed by atoms with Crippen molar-refractivity contribution in [1.82, 2.24) is 5.32 Å². The molecule has 26 heavy (non-hydrogen) atoms. The Kier molecular flexibility index (Phi) is 6.69. The highest BCUT2D eigenvalue weighted by molar-refractivity contribution is 5.91. The van der Waals surface area contributed by atoms with Crippen LogP contribution >= 0.6 is 0 Å². The van der Waals surface area contributed by atoms with Gasteiger partial charge in [0.1, 0.15) is 0 Å². The fourth-order valence-corrected chi connectivity index (χ4v) is 3.47. The monoisotopic (exact) mass is 359 g/mol. The molecule has 1 saturated carbocycles. The highest BCUT2D eigenvalue weighted by Gasteiger charge is 2.38. The number of amides is 1. The third-order valence-electron chi connectivity index (χ3n) is 5.07. The first-order valence-corrected chi connectivity index (χ1v) is 9.67. The van der Waals surface area contributed by atoms with Crippen molar-refractivity contribution in [3.8, 4) is 0 Å². The summed E-state index contributed by atoms with van der Waals surface area (Å²) in [6.07, 6.45) is 5.28. The lowest BCUT2D eigenvalue weighted by molar-refractivity contribution is -0.166. The van der Waals surface area contributed by atoms with E-state index in [1.807, 2.05) is 31.2 Å². The van der Waals surface area contributed by atoms with Gasteiger partial charge >= 0.3 is 0 Å². The molecular weight excluding hydrogens is 330 g/mol. The number of aliphatic hydroxyl groups is 1. The summed E-state index contributed by atoms with van der Waals surface area (Å²) in [6, 6.07) is 10.1. The van der Waals surface area contributed by atoms with Gasteiger partial charge in [0.05, 0.1) is 0 Å². The number of hydrogen-bond acceptors (Lipinski definition) is 4. The molecule has 1 aromatic rings. The molecule has 1 aromatic carbocycles. The first kappa shape index (κ1) is 18.9. The Bertz CT molecular complexity index is 612. The first-order chi connectivity index (χ1) is 12.7. The number of ether oxygens (including phenoxy) is 2. The topological polar surface area (TPSA) is 67.8 Å². The van der Waals surface area contributed by atoms with Crippen LogP contribution in [0.2, 0.25) is 0 Å². The van der Waals surface area contributed by atoms with Crippen molar-refractivity contribution in [2.24, 2.45) is 11.8 Å². The number of hydrogen-bond donors (Lipinski definition) is 2. The third-order valence-corrected chi connectivity index (χ3v) is 5.07. The molecule has 1 fully saturated rings. The molecule has 0 radical (unpaired) electrons. The lowest BCUT2D eigenvalue weighted by Crippen LogP contribution is -2.39. The molecule has 3 rings (SSSR count). The van der Waals surface area contributed by atoms with Gasteiger partial charge in [0, 0.05) is 31.6 Å². The van der Waals surface area contributed by atoms with Crippen molar-refractivity contribution in [1.29, 1.82) is 0 Å². The molecular formula is C21H29NO4. The average Bonchev–Trinajstić information content (AvgIpc) is 3.50. The van der Waals surface area contributed by atoms with Gasteiger partial charge in [-0.05, 0) is 50.2 Å². The van der Waals surface area contributed by atoms with Crippen LogP contribution in [0.4, 0.5) is 0 Å². The molecule has 0 saturated heterocycles. The summed E-state index contributed by atoms with van der Waals surface area (Å²) in [7, 11) is 0. The van der Waals surface area contributed by atoms with E-state index >= 15 is 0 Å². The van der Waals surface area contributed by atoms with Gasteiger partial charge in [-0.2, -0.15) is 0 Å². The number of carbonyl (C=O) groups is 1. The number of allylic oxidation sites excluding steroid dienone is 1. The van der Waals surface area contributed by atoms with Gasteiger partial charge in [-0.25, -0.2) is 0 Å². The molecule has 1 aliphatic heterocycles. The van der Waals surface area contributed by atoms with E-state index in [4.69, 9.17) is 9.47 Å². The Morgan fingerprint density at radius 2 is 2.08 bits per heavy atom. The fourth-order valence-electron chi connectivity index (χ4n) is 3.47. The Labute approximate surface area is 155 Å². The molecule has 3 atom stereocenters. The lowest BCUT2D eigenvalue weighted by Gasteiger charge is -2.37. The van der Waals surface area contributed by atoms with Crippen LogP contribution in [-0.2, 0) is 14.3 Å². The number of rotatable bonds is 9. The van der Waals surface area contributed by atoms with E-state index in [0.29, 0.717) is 31.2 Å². The lowest BCUT2D eigenvalue weighted by atomic mass is 9.80. The summed E-state index contributed by atoms with van der Waals surface area (Å²) in [5.74, 6) is 0.883. The SMILES string of the molecule is CCO[C@@H]1OC(C(=O)NCC2CC2)=C[C@H](c2ccccc2)[C@H]1CCCO. The maximum Gasteiger partial charge on any atom is 0.286 e. The first-order valence-electron chi connectivity index (χ1n) is 9.67. The molecule has 142 valence electrons. The molecule has 2 N–H and O–H groups in total.